The van der Waals surface area contributed by atoms with Crippen molar-refractivity contribution in [3.63, 3.8) is 0 Å². The first-order valence-electron chi connectivity index (χ1n) is 5.32. The van der Waals surface area contributed by atoms with Gasteiger partial charge in [0.2, 0.25) is 0 Å². The lowest BCUT2D eigenvalue weighted by Gasteiger charge is -2.10. The second-order valence-corrected chi connectivity index (χ2v) is 4.11. The van der Waals surface area contributed by atoms with Gasteiger partial charge in [0.1, 0.15) is 11.9 Å². The number of nitrogens with two attached hydrogens (primary N) is 1. The Morgan fingerprint density at radius 2 is 2.25 bits per heavy atom. The summed E-state index contributed by atoms with van der Waals surface area (Å²) < 4.78 is 18.6. The molecule has 1 aromatic rings. The van der Waals surface area contributed by atoms with E-state index in [0.29, 0.717) is 12.0 Å². The predicted molar refractivity (Wildman–Crippen MR) is 58.7 cm³/mol. The molecule has 2 rings (SSSR count). The molecule has 0 aromatic heterocycles. The topological polar surface area (TPSA) is 52.3 Å². The van der Waals surface area contributed by atoms with Gasteiger partial charge in [-0.2, -0.15) is 0 Å². The molecule has 4 heteroatoms. The molecule has 0 amide bonds. The summed E-state index contributed by atoms with van der Waals surface area (Å²) in [6.45, 7) is 1.93. The molecule has 1 heterocycles. The van der Waals surface area contributed by atoms with Crippen LogP contribution in [0.3, 0.4) is 0 Å². The Hall–Kier alpha value is -1.42. The molecule has 1 aliphatic heterocycles. The van der Waals surface area contributed by atoms with Gasteiger partial charge in [0.05, 0.1) is 11.8 Å². The average Bonchev–Trinajstić information content (AvgIpc) is 2.68. The molecule has 1 aliphatic rings. The fourth-order valence-electron chi connectivity index (χ4n) is 1.86. The summed E-state index contributed by atoms with van der Waals surface area (Å²) in [5.74, 6) is -0.722. The number of hydrogen-bond donors (Lipinski definition) is 1. The van der Waals surface area contributed by atoms with Gasteiger partial charge in [-0.15, -0.1) is 0 Å². The molecule has 0 saturated carbocycles. The van der Waals surface area contributed by atoms with E-state index in [2.05, 4.69) is 0 Å². The number of ether oxygens (including phenoxy) is 1. The van der Waals surface area contributed by atoms with Gasteiger partial charge >= 0.3 is 0 Å². The van der Waals surface area contributed by atoms with Gasteiger partial charge in [0.25, 0.3) is 0 Å². The second-order valence-electron chi connectivity index (χ2n) is 4.11. The van der Waals surface area contributed by atoms with E-state index in [0.717, 1.165) is 6.42 Å². The summed E-state index contributed by atoms with van der Waals surface area (Å²) in [4.78, 5) is 11.9. The normalized spacial score (nSPS) is 24.6. The van der Waals surface area contributed by atoms with Crippen molar-refractivity contribution in [1.82, 2.24) is 0 Å². The summed E-state index contributed by atoms with van der Waals surface area (Å²) in [6, 6.07) is 4.11. The zero-order valence-electron chi connectivity index (χ0n) is 9.07. The SMILES string of the molecule is CC1CCC(C(=O)c2ccc(N)c(F)c2)O1. The van der Waals surface area contributed by atoms with Crippen LogP contribution in [0, 0.1) is 5.82 Å². The minimum atomic E-state index is -0.558. The van der Waals surface area contributed by atoms with E-state index in [1.807, 2.05) is 6.92 Å². The average molecular weight is 223 g/mol. The van der Waals surface area contributed by atoms with Gasteiger partial charge in [0, 0.05) is 5.56 Å². The Morgan fingerprint density at radius 3 is 2.81 bits per heavy atom. The molecular weight excluding hydrogens is 209 g/mol. The van der Waals surface area contributed by atoms with Crippen molar-refractivity contribution in [2.24, 2.45) is 0 Å². The van der Waals surface area contributed by atoms with Crippen LogP contribution in [0.15, 0.2) is 18.2 Å². The monoisotopic (exact) mass is 223 g/mol. The molecule has 0 aliphatic carbocycles. The molecule has 86 valence electrons. The Bertz CT molecular complexity index is 419. The van der Waals surface area contributed by atoms with Crippen LogP contribution in [0.25, 0.3) is 0 Å². The number of Topliss-reactive ketones (excluding diaryl/α,β-unsaturated/α-hetero) is 1. The van der Waals surface area contributed by atoms with E-state index >= 15 is 0 Å². The lowest BCUT2D eigenvalue weighted by atomic mass is 10.0. The first-order chi connectivity index (χ1) is 7.58. The second kappa shape index (κ2) is 4.22. The molecular formula is C12H14FNO2. The van der Waals surface area contributed by atoms with Crippen LogP contribution in [0.1, 0.15) is 30.1 Å². The van der Waals surface area contributed by atoms with E-state index in [4.69, 9.17) is 10.5 Å². The fraction of sp³-hybridized carbons (Fsp3) is 0.417. The van der Waals surface area contributed by atoms with Gasteiger partial charge < -0.3 is 10.5 Å². The van der Waals surface area contributed by atoms with Crippen molar-refractivity contribution in [3.05, 3.63) is 29.6 Å². The maximum atomic E-state index is 13.2. The lowest BCUT2D eigenvalue weighted by molar-refractivity contribution is 0.0433. The number of halogens is 1. The Balaban J connectivity index is 2.18. The number of benzene rings is 1. The van der Waals surface area contributed by atoms with E-state index < -0.39 is 11.9 Å². The molecule has 0 radical (unpaired) electrons. The fourth-order valence-corrected chi connectivity index (χ4v) is 1.86. The molecule has 3 nitrogen and oxygen atoms in total. The van der Waals surface area contributed by atoms with Gasteiger partial charge in [-0.25, -0.2) is 4.39 Å². The largest absolute Gasteiger partial charge is 0.396 e. The highest BCUT2D eigenvalue weighted by atomic mass is 19.1. The summed E-state index contributed by atoms with van der Waals surface area (Å²) >= 11 is 0. The highest BCUT2D eigenvalue weighted by molar-refractivity contribution is 5.99. The smallest absolute Gasteiger partial charge is 0.191 e. The molecule has 2 N–H and O–H groups in total. The Kier molecular flexibility index (Phi) is 2.92. The van der Waals surface area contributed by atoms with Gasteiger partial charge in [-0.3, -0.25) is 4.79 Å². The van der Waals surface area contributed by atoms with Gasteiger partial charge in [-0.05, 0) is 38.0 Å². The maximum Gasteiger partial charge on any atom is 0.191 e. The molecule has 1 fully saturated rings. The maximum absolute atomic E-state index is 13.2. The minimum absolute atomic E-state index is 0.0530. The first kappa shape index (κ1) is 11.1. The number of carbonyl (C=O) groups is 1. The third-order valence-electron chi connectivity index (χ3n) is 2.81. The van der Waals surface area contributed by atoms with Crippen molar-refractivity contribution >= 4 is 11.5 Å². The van der Waals surface area contributed by atoms with Crippen LogP contribution in [-0.4, -0.2) is 18.0 Å². The summed E-state index contributed by atoms with van der Waals surface area (Å²) in [6.07, 6.45) is 1.24. The summed E-state index contributed by atoms with van der Waals surface area (Å²) in [5.41, 5.74) is 5.72. The van der Waals surface area contributed by atoms with E-state index in [-0.39, 0.29) is 17.6 Å². The van der Waals surface area contributed by atoms with Gasteiger partial charge in [0.15, 0.2) is 5.78 Å². The number of carbonyl (C=O) groups excluding carboxylic acids is 1. The quantitative estimate of drug-likeness (QED) is 0.617. The van der Waals surface area contributed by atoms with E-state index in [9.17, 15) is 9.18 Å². The zero-order chi connectivity index (χ0) is 11.7. The molecule has 1 aromatic carbocycles. The zero-order valence-corrected chi connectivity index (χ0v) is 9.07. The minimum Gasteiger partial charge on any atom is -0.396 e. The Labute approximate surface area is 93.4 Å². The summed E-state index contributed by atoms with van der Waals surface area (Å²) in [5, 5.41) is 0. The molecule has 16 heavy (non-hydrogen) atoms. The highest BCUT2D eigenvalue weighted by Crippen LogP contribution is 2.23. The van der Waals surface area contributed by atoms with Crippen molar-refractivity contribution in [3.8, 4) is 0 Å². The van der Waals surface area contributed by atoms with Crippen LogP contribution in [0.4, 0.5) is 10.1 Å². The standard InChI is InChI=1S/C12H14FNO2/c1-7-2-5-11(16-7)12(15)8-3-4-10(14)9(13)6-8/h3-4,6-7,11H,2,5,14H2,1H3. The number of ketones is 1. The van der Waals surface area contributed by atoms with Gasteiger partial charge in [-0.1, -0.05) is 0 Å². The van der Waals surface area contributed by atoms with Crippen molar-refractivity contribution in [2.75, 3.05) is 5.73 Å². The first-order valence-corrected chi connectivity index (χ1v) is 5.32. The Morgan fingerprint density at radius 1 is 1.50 bits per heavy atom. The van der Waals surface area contributed by atoms with Crippen LogP contribution in [0.5, 0.6) is 0 Å². The number of rotatable bonds is 2. The number of hydrogen-bond acceptors (Lipinski definition) is 3. The van der Waals surface area contributed by atoms with Crippen LogP contribution >= 0.6 is 0 Å². The number of anilines is 1. The summed E-state index contributed by atoms with van der Waals surface area (Å²) in [7, 11) is 0. The molecule has 0 bridgehead atoms. The van der Waals surface area contributed by atoms with E-state index in [1.165, 1.54) is 18.2 Å². The number of nitrogen functional groups attached to an aromatic ring is 1. The molecule has 2 atom stereocenters. The highest BCUT2D eigenvalue weighted by Gasteiger charge is 2.29. The molecule has 1 saturated heterocycles. The van der Waals surface area contributed by atoms with Crippen LogP contribution < -0.4 is 5.73 Å². The van der Waals surface area contributed by atoms with E-state index in [1.54, 1.807) is 0 Å². The van der Waals surface area contributed by atoms with Crippen LogP contribution in [0.2, 0.25) is 0 Å². The third-order valence-corrected chi connectivity index (χ3v) is 2.81. The van der Waals surface area contributed by atoms with Crippen molar-refractivity contribution in [1.29, 1.82) is 0 Å². The molecule has 0 spiro atoms. The lowest BCUT2D eigenvalue weighted by Crippen LogP contribution is -2.21. The van der Waals surface area contributed by atoms with Crippen molar-refractivity contribution in [2.45, 2.75) is 32.0 Å². The third kappa shape index (κ3) is 2.07. The predicted octanol–water partition coefficient (Wildman–Crippen LogP) is 2.16. The molecule has 2 unspecified atom stereocenters. The van der Waals surface area contributed by atoms with Crippen molar-refractivity contribution < 1.29 is 13.9 Å². The van der Waals surface area contributed by atoms with Crippen LogP contribution in [-0.2, 0) is 4.74 Å².